The first-order chi connectivity index (χ1) is 6.79. The predicted molar refractivity (Wildman–Crippen MR) is 58.5 cm³/mol. The molecule has 0 aliphatic carbocycles. The molecular weight excluding hydrogens is 172 g/mol. The Morgan fingerprint density at radius 1 is 1.07 bits per heavy atom. The van der Waals surface area contributed by atoms with E-state index in [1.165, 1.54) is 16.3 Å². The Morgan fingerprint density at radius 2 is 1.86 bits per heavy atom. The Labute approximate surface area is 83.4 Å². The molecule has 0 atom stereocenters. The predicted octanol–water partition coefficient (Wildman–Crippen LogP) is 2.89. The standard InChI is InChI=1S/C13H12O/c1-10-2-4-12-5-3-11(6-7-14)9-13(12)8-10/h2-5,7-9H,6H2,1H3. The average molecular weight is 184 g/mol. The fraction of sp³-hybridized carbons (Fsp3) is 0.154. The van der Waals surface area contributed by atoms with Crippen LogP contribution >= 0.6 is 0 Å². The van der Waals surface area contributed by atoms with Crippen LogP contribution in [0.15, 0.2) is 36.4 Å². The van der Waals surface area contributed by atoms with Crippen molar-refractivity contribution in [3.8, 4) is 0 Å². The van der Waals surface area contributed by atoms with Crippen molar-refractivity contribution in [1.82, 2.24) is 0 Å². The fourth-order valence-corrected chi connectivity index (χ4v) is 1.64. The number of carbonyl (C=O) groups excluding carboxylic acids is 1. The van der Waals surface area contributed by atoms with Crippen molar-refractivity contribution in [2.45, 2.75) is 13.3 Å². The maximum Gasteiger partial charge on any atom is 0.124 e. The SMILES string of the molecule is Cc1ccc2ccc(CC=O)cc2c1. The minimum absolute atomic E-state index is 0.504. The molecule has 0 aromatic heterocycles. The molecule has 0 aliphatic heterocycles. The molecule has 2 rings (SSSR count). The van der Waals surface area contributed by atoms with Crippen molar-refractivity contribution in [3.05, 3.63) is 47.5 Å². The van der Waals surface area contributed by atoms with Gasteiger partial charge in [0.2, 0.25) is 0 Å². The Bertz CT molecular complexity index is 472. The first kappa shape index (κ1) is 8.95. The van der Waals surface area contributed by atoms with Gasteiger partial charge in [0.15, 0.2) is 0 Å². The second-order valence-electron chi connectivity index (χ2n) is 3.56. The van der Waals surface area contributed by atoms with E-state index in [0.717, 1.165) is 11.8 Å². The Kier molecular flexibility index (Phi) is 2.32. The molecule has 0 saturated heterocycles. The van der Waals surface area contributed by atoms with Crippen molar-refractivity contribution >= 4 is 17.1 Å². The lowest BCUT2D eigenvalue weighted by atomic mass is 10.0. The molecule has 0 saturated carbocycles. The van der Waals surface area contributed by atoms with Crippen LogP contribution < -0.4 is 0 Å². The average Bonchev–Trinajstić information content (AvgIpc) is 2.17. The van der Waals surface area contributed by atoms with Crippen LogP contribution in [0, 0.1) is 6.92 Å². The summed E-state index contributed by atoms with van der Waals surface area (Å²) < 4.78 is 0. The van der Waals surface area contributed by atoms with Crippen LogP contribution in [0.1, 0.15) is 11.1 Å². The van der Waals surface area contributed by atoms with Gasteiger partial charge in [-0.1, -0.05) is 42.0 Å². The molecule has 0 heterocycles. The van der Waals surface area contributed by atoms with Crippen molar-refractivity contribution < 1.29 is 4.79 Å². The van der Waals surface area contributed by atoms with Gasteiger partial charge in [0.05, 0.1) is 0 Å². The van der Waals surface area contributed by atoms with Crippen LogP contribution in [0.2, 0.25) is 0 Å². The first-order valence-corrected chi connectivity index (χ1v) is 4.72. The van der Waals surface area contributed by atoms with Gasteiger partial charge in [0.1, 0.15) is 6.29 Å². The molecule has 0 amide bonds. The van der Waals surface area contributed by atoms with E-state index in [1.807, 2.05) is 6.07 Å². The molecule has 0 fully saturated rings. The molecule has 0 spiro atoms. The third-order valence-electron chi connectivity index (χ3n) is 2.38. The van der Waals surface area contributed by atoms with Crippen molar-refractivity contribution in [2.24, 2.45) is 0 Å². The van der Waals surface area contributed by atoms with Gasteiger partial charge in [-0.2, -0.15) is 0 Å². The zero-order valence-corrected chi connectivity index (χ0v) is 8.16. The van der Waals surface area contributed by atoms with Gasteiger partial charge in [-0.25, -0.2) is 0 Å². The lowest BCUT2D eigenvalue weighted by Gasteiger charge is -2.01. The summed E-state index contributed by atoms with van der Waals surface area (Å²) in [7, 11) is 0. The molecule has 2 aromatic rings. The van der Waals surface area contributed by atoms with Gasteiger partial charge >= 0.3 is 0 Å². The maximum absolute atomic E-state index is 10.4. The number of benzene rings is 2. The van der Waals surface area contributed by atoms with Gasteiger partial charge in [-0.05, 0) is 23.3 Å². The molecule has 14 heavy (non-hydrogen) atoms. The summed E-state index contributed by atoms with van der Waals surface area (Å²) in [6, 6.07) is 12.5. The van der Waals surface area contributed by atoms with Gasteiger partial charge in [0, 0.05) is 6.42 Å². The van der Waals surface area contributed by atoms with Crippen LogP contribution in [-0.2, 0) is 11.2 Å². The quantitative estimate of drug-likeness (QED) is 0.656. The highest BCUT2D eigenvalue weighted by atomic mass is 16.1. The zero-order valence-electron chi connectivity index (χ0n) is 8.16. The maximum atomic E-state index is 10.4. The number of hydrogen-bond donors (Lipinski definition) is 0. The summed E-state index contributed by atoms with van der Waals surface area (Å²) in [6.45, 7) is 2.08. The normalized spacial score (nSPS) is 10.4. The monoisotopic (exact) mass is 184 g/mol. The minimum atomic E-state index is 0.504. The van der Waals surface area contributed by atoms with E-state index < -0.39 is 0 Å². The summed E-state index contributed by atoms with van der Waals surface area (Å²) in [6.07, 6.45) is 1.45. The van der Waals surface area contributed by atoms with Crippen LogP contribution in [-0.4, -0.2) is 6.29 Å². The van der Waals surface area contributed by atoms with Crippen LogP contribution in [0.3, 0.4) is 0 Å². The van der Waals surface area contributed by atoms with Crippen molar-refractivity contribution in [1.29, 1.82) is 0 Å². The molecule has 0 radical (unpaired) electrons. The molecule has 70 valence electrons. The fourth-order valence-electron chi connectivity index (χ4n) is 1.64. The van der Waals surface area contributed by atoms with Crippen LogP contribution in [0.25, 0.3) is 10.8 Å². The highest BCUT2D eigenvalue weighted by Crippen LogP contribution is 2.17. The number of rotatable bonds is 2. The molecule has 2 aromatic carbocycles. The van der Waals surface area contributed by atoms with Crippen LogP contribution in [0.4, 0.5) is 0 Å². The van der Waals surface area contributed by atoms with E-state index in [-0.39, 0.29) is 0 Å². The summed E-state index contributed by atoms with van der Waals surface area (Å²) in [5.41, 5.74) is 2.33. The highest BCUT2D eigenvalue weighted by molar-refractivity contribution is 5.84. The number of carbonyl (C=O) groups is 1. The largest absolute Gasteiger partial charge is 0.303 e. The van der Waals surface area contributed by atoms with E-state index in [9.17, 15) is 4.79 Å². The van der Waals surface area contributed by atoms with Gasteiger partial charge in [-0.3, -0.25) is 0 Å². The molecule has 1 nitrogen and oxygen atoms in total. The second-order valence-corrected chi connectivity index (χ2v) is 3.56. The molecule has 0 unspecified atom stereocenters. The Morgan fingerprint density at radius 3 is 2.64 bits per heavy atom. The van der Waals surface area contributed by atoms with E-state index in [2.05, 4.69) is 37.3 Å². The van der Waals surface area contributed by atoms with Gasteiger partial charge in [-0.15, -0.1) is 0 Å². The number of aldehydes is 1. The zero-order chi connectivity index (χ0) is 9.97. The summed E-state index contributed by atoms with van der Waals surface area (Å²) in [5.74, 6) is 0. The third kappa shape index (κ3) is 1.67. The smallest absolute Gasteiger partial charge is 0.124 e. The van der Waals surface area contributed by atoms with Crippen molar-refractivity contribution in [2.75, 3.05) is 0 Å². The minimum Gasteiger partial charge on any atom is -0.303 e. The lowest BCUT2D eigenvalue weighted by molar-refractivity contribution is -0.107. The topological polar surface area (TPSA) is 17.1 Å². The Hall–Kier alpha value is -1.63. The lowest BCUT2D eigenvalue weighted by Crippen LogP contribution is -1.85. The highest BCUT2D eigenvalue weighted by Gasteiger charge is 1.96. The molecule has 1 heteroatoms. The number of fused-ring (bicyclic) bond motifs is 1. The van der Waals surface area contributed by atoms with E-state index in [1.54, 1.807) is 0 Å². The molecule has 0 bridgehead atoms. The third-order valence-corrected chi connectivity index (χ3v) is 2.38. The second kappa shape index (κ2) is 3.62. The summed E-state index contributed by atoms with van der Waals surface area (Å²) in [5, 5.41) is 2.44. The van der Waals surface area contributed by atoms with Crippen molar-refractivity contribution in [3.63, 3.8) is 0 Å². The van der Waals surface area contributed by atoms with E-state index in [4.69, 9.17) is 0 Å². The Balaban J connectivity index is 2.57. The van der Waals surface area contributed by atoms with Crippen LogP contribution in [0.5, 0.6) is 0 Å². The first-order valence-electron chi connectivity index (χ1n) is 4.72. The van der Waals surface area contributed by atoms with Gasteiger partial charge in [0.25, 0.3) is 0 Å². The van der Waals surface area contributed by atoms with E-state index in [0.29, 0.717) is 6.42 Å². The van der Waals surface area contributed by atoms with Gasteiger partial charge < -0.3 is 4.79 Å². The number of aryl methyl sites for hydroxylation is 1. The number of hydrogen-bond acceptors (Lipinski definition) is 1. The molecule has 0 N–H and O–H groups in total. The molecule has 0 aliphatic rings. The molecular formula is C13H12O. The van der Waals surface area contributed by atoms with E-state index >= 15 is 0 Å². The summed E-state index contributed by atoms with van der Waals surface area (Å²) >= 11 is 0. The summed E-state index contributed by atoms with van der Waals surface area (Å²) in [4.78, 5) is 10.4.